The lowest BCUT2D eigenvalue weighted by Crippen LogP contribution is -2.41. The Morgan fingerprint density at radius 1 is 1.06 bits per heavy atom. The molecule has 1 aromatic carbocycles. The number of aromatic nitrogens is 2. The van der Waals surface area contributed by atoms with E-state index in [2.05, 4.69) is 15.5 Å². The zero-order chi connectivity index (χ0) is 21.4. The van der Waals surface area contributed by atoms with E-state index in [9.17, 15) is 14.4 Å². The summed E-state index contributed by atoms with van der Waals surface area (Å²) in [6.07, 6.45) is 5.76. The first-order chi connectivity index (χ1) is 15.1. The number of nitrogens with one attached hydrogen (secondary N) is 2. The molecule has 3 aliphatic rings. The van der Waals surface area contributed by atoms with E-state index in [0.717, 1.165) is 50.0 Å². The topological polar surface area (TPSA) is 98.4 Å². The average molecular weight is 422 g/mol. The first kappa shape index (κ1) is 19.8. The maximum Gasteiger partial charge on any atom is 0.257 e. The minimum absolute atomic E-state index is 0.0265. The van der Waals surface area contributed by atoms with Crippen LogP contribution in [-0.2, 0) is 4.79 Å². The maximum atomic E-state index is 13.1. The molecule has 0 unspecified atom stereocenters. The fourth-order valence-electron chi connectivity index (χ4n) is 5.09. The molecule has 2 N–H and O–H groups in total. The van der Waals surface area contributed by atoms with Crippen LogP contribution in [-0.4, -0.2) is 63.9 Å². The number of carbonyl (C=O) groups excluding carboxylic acids is 3. The highest BCUT2D eigenvalue weighted by Gasteiger charge is 2.34. The van der Waals surface area contributed by atoms with Crippen molar-refractivity contribution in [3.63, 3.8) is 0 Å². The Labute approximate surface area is 181 Å². The summed E-state index contributed by atoms with van der Waals surface area (Å²) in [4.78, 5) is 41.9. The van der Waals surface area contributed by atoms with Gasteiger partial charge in [-0.05, 0) is 37.3 Å². The molecule has 0 bridgehead atoms. The van der Waals surface area contributed by atoms with Crippen LogP contribution >= 0.6 is 0 Å². The van der Waals surface area contributed by atoms with Crippen LogP contribution in [0.15, 0.2) is 30.5 Å². The molecule has 5 rings (SSSR count). The lowest BCUT2D eigenvalue weighted by atomic mass is 9.91. The summed E-state index contributed by atoms with van der Waals surface area (Å²) >= 11 is 0. The quantitative estimate of drug-likeness (QED) is 0.791. The van der Waals surface area contributed by atoms with Gasteiger partial charge in [-0.1, -0.05) is 18.2 Å². The molecule has 8 nitrogen and oxygen atoms in total. The number of piperidine rings is 1. The van der Waals surface area contributed by atoms with Crippen LogP contribution in [0.25, 0.3) is 0 Å². The molecule has 31 heavy (non-hydrogen) atoms. The van der Waals surface area contributed by atoms with Crippen molar-refractivity contribution in [1.29, 1.82) is 0 Å². The van der Waals surface area contributed by atoms with Crippen LogP contribution in [0.4, 0.5) is 0 Å². The van der Waals surface area contributed by atoms with Gasteiger partial charge >= 0.3 is 0 Å². The molecule has 8 heteroatoms. The molecule has 1 aromatic heterocycles. The van der Waals surface area contributed by atoms with Gasteiger partial charge in [-0.3, -0.25) is 19.5 Å². The number of amides is 3. The van der Waals surface area contributed by atoms with Crippen LogP contribution in [0.2, 0.25) is 0 Å². The number of fused-ring (bicyclic) bond motifs is 1. The van der Waals surface area contributed by atoms with Gasteiger partial charge in [0.15, 0.2) is 0 Å². The van der Waals surface area contributed by atoms with E-state index in [1.165, 1.54) is 0 Å². The third-order valence-electron chi connectivity index (χ3n) is 6.74. The van der Waals surface area contributed by atoms with Gasteiger partial charge in [0.25, 0.3) is 11.8 Å². The van der Waals surface area contributed by atoms with Gasteiger partial charge in [0.1, 0.15) is 0 Å². The van der Waals surface area contributed by atoms with Crippen molar-refractivity contribution in [1.82, 2.24) is 25.3 Å². The molecule has 0 saturated carbocycles. The van der Waals surface area contributed by atoms with Crippen molar-refractivity contribution in [2.24, 2.45) is 0 Å². The molecule has 0 radical (unpaired) electrons. The van der Waals surface area contributed by atoms with Crippen LogP contribution in [0.5, 0.6) is 0 Å². The van der Waals surface area contributed by atoms with Crippen molar-refractivity contribution in [3.05, 3.63) is 52.8 Å². The molecular formula is C23H27N5O3. The number of H-pyrrole nitrogens is 1. The van der Waals surface area contributed by atoms with Crippen molar-refractivity contribution in [3.8, 4) is 0 Å². The second kappa shape index (κ2) is 8.17. The molecule has 2 aromatic rings. The fourth-order valence-corrected chi connectivity index (χ4v) is 5.09. The molecule has 162 valence electrons. The van der Waals surface area contributed by atoms with Gasteiger partial charge in [-0.15, -0.1) is 0 Å². The number of benzene rings is 1. The predicted octanol–water partition coefficient (Wildman–Crippen LogP) is 2.23. The summed E-state index contributed by atoms with van der Waals surface area (Å²) in [6.45, 7) is 2.85. The lowest BCUT2D eigenvalue weighted by Gasteiger charge is -2.33. The van der Waals surface area contributed by atoms with Gasteiger partial charge in [-0.25, -0.2) is 0 Å². The van der Waals surface area contributed by atoms with E-state index >= 15 is 0 Å². The molecule has 2 atom stereocenters. The highest BCUT2D eigenvalue weighted by Crippen LogP contribution is 2.32. The van der Waals surface area contributed by atoms with Gasteiger partial charge in [-0.2, -0.15) is 5.10 Å². The Hall–Kier alpha value is -3.16. The maximum absolute atomic E-state index is 13.1. The Balaban J connectivity index is 1.27. The minimum atomic E-state index is -0.281. The second-order valence-electron chi connectivity index (χ2n) is 8.69. The number of likely N-dealkylation sites (tertiary alicyclic amines) is 2. The van der Waals surface area contributed by atoms with E-state index in [1.807, 2.05) is 28.0 Å². The number of aromatic amines is 1. The number of nitrogens with zero attached hydrogens (tertiary/aromatic N) is 3. The number of hydrogen-bond acceptors (Lipinski definition) is 4. The van der Waals surface area contributed by atoms with Crippen LogP contribution in [0.3, 0.4) is 0 Å². The van der Waals surface area contributed by atoms with E-state index in [1.54, 1.807) is 12.3 Å². The fraction of sp³-hybridized carbons (Fsp3) is 0.478. The summed E-state index contributed by atoms with van der Waals surface area (Å²) < 4.78 is 0. The molecular weight excluding hydrogens is 394 g/mol. The molecule has 0 aliphatic carbocycles. The Morgan fingerprint density at radius 2 is 1.84 bits per heavy atom. The molecule has 4 heterocycles. The highest BCUT2D eigenvalue weighted by molar-refractivity contribution is 5.99. The first-order valence-electron chi connectivity index (χ1n) is 11.1. The van der Waals surface area contributed by atoms with Gasteiger partial charge < -0.3 is 15.1 Å². The highest BCUT2D eigenvalue weighted by atomic mass is 16.2. The Kier molecular flexibility index (Phi) is 5.21. The van der Waals surface area contributed by atoms with Crippen molar-refractivity contribution < 1.29 is 14.4 Å². The molecule has 3 aliphatic heterocycles. The van der Waals surface area contributed by atoms with Crippen LogP contribution in [0.1, 0.15) is 76.0 Å². The van der Waals surface area contributed by atoms with Gasteiger partial charge in [0, 0.05) is 37.7 Å². The van der Waals surface area contributed by atoms with Crippen LogP contribution < -0.4 is 5.32 Å². The molecule has 2 saturated heterocycles. The number of carbonyl (C=O) groups is 3. The van der Waals surface area contributed by atoms with Crippen molar-refractivity contribution in [2.75, 3.05) is 26.2 Å². The van der Waals surface area contributed by atoms with Crippen molar-refractivity contribution in [2.45, 2.75) is 44.1 Å². The Morgan fingerprint density at radius 3 is 2.68 bits per heavy atom. The lowest BCUT2D eigenvalue weighted by molar-refractivity contribution is -0.132. The normalized spacial score (nSPS) is 23.0. The zero-order valence-electron chi connectivity index (χ0n) is 17.5. The predicted molar refractivity (Wildman–Crippen MR) is 114 cm³/mol. The average Bonchev–Trinajstić information content (AvgIpc) is 3.55. The largest absolute Gasteiger partial charge is 0.345 e. The minimum Gasteiger partial charge on any atom is -0.345 e. The molecule has 3 amide bonds. The van der Waals surface area contributed by atoms with Crippen LogP contribution in [0, 0.1) is 0 Å². The third kappa shape index (κ3) is 3.71. The zero-order valence-corrected chi connectivity index (χ0v) is 17.5. The summed E-state index contributed by atoms with van der Waals surface area (Å²) in [5, 5.41) is 10.1. The number of rotatable bonds is 4. The number of hydrogen-bond donors (Lipinski definition) is 2. The van der Waals surface area contributed by atoms with Gasteiger partial charge in [0.2, 0.25) is 5.91 Å². The van der Waals surface area contributed by atoms with Gasteiger partial charge in [0.05, 0.1) is 29.9 Å². The Bertz CT molecular complexity index is 1010. The van der Waals surface area contributed by atoms with E-state index in [0.29, 0.717) is 24.2 Å². The van der Waals surface area contributed by atoms with E-state index in [-0.39, 0.29) is 36.1 Å². The second-order valence-corrected chi connectivity index (χ2v) is 8.69. The van der Waals surface area contributed by atoms with E-state index in [4.69, 9.17) is 0 Å². The first-order valence-corrected chi connectivity index (χ1v) is 11.1. The molecule has 2 fully saturated rings. The SMILES string of the molecule is O=C1N[C@@H](CC(=O)N2CCC[C@H](c3[nH]ncc3C(=O)N3CCCC3)C2)c2ccccc21. The summed E-state index contributed by atoms with van der Waals surface area (Å²) in [5.74, 6) is 0.00766. The summed E-state index contributed by atoms with van der Waals surface area (Å²) in [6, 6.07) is 7.15. The monoisotopic (exact) mass is 421 g/mol. The summed E-state index contributed by atoms with van der Waals surface area (Å²) in [5.41, 5.74) is 3.02. The third-order valence-corrected chi connectivity index (χ3v) is 6.74. The summed E-state index contributed by atoms with van der Waals surface area (Å²) in [7, 11) is 0. The van der Waals surface area contributed by atoms with Crippen molar-refractivity contribution >= 4 is 17.7 Å². The molecule has 0 spiro atoms. The smallest absolute Gasteiger partial charge is 0.257 e. The van der Waals surface area contributed by atoms with E-state index < -0.39 is 0 Å². The standard InChI is InChI=1S/C23H27N5O3/c29-20(12-19-16-7-1-2-8-17(16)22(30)25-19)28-11-5-6-15(14-28)21-18(13-24-26-21)23(31)27-9-3-4-10-27/h1-2,7-8,13,15,19H,3-6,9-12,14H2,(H,24,26)(H,25,30)/t15-,19-/m0/s1.